The van der Waals surface area contributed by atoms with E-state index in [2.05, 4.69) is 46.8 Å². The number of piperidine rings is 1. The molecule has 5 nitrogen and oxygen atoms in total. The average Bonchev–Trinajstić information content (AvgIpc) is 2.96. The largest absolute Gasteiger partial charge is 0.368 e. The number of carbonyl (C=O) groups excluding carboxylic acids is 1. The van der Waals surface area contributed by atoms with E-state index >= 15 is 0 Å². The van der Waals surface area contributed by atoms with Gasteiger partial charge in [-0.25, -0.2) is 4.98 Å². The fourth-order valence-corrected chi connectivity index (χ4v) is 4.09. The number of anilines is 1. The lowest BCUT2D eigenvalue weighted by Gasteiger charge is -2.34. The molecule has 1 aromatic heterocycles. The first-order valence-electron chi connectivity index (χ1n) is 8.61. The zero-order valence-corrected chi connectivity index (χ0v) is 15.8. The van der Waals surface area contributed by atoms with E-state index in [0.29, 0.717) is 18.0 Å². The number of nitrogens with one attached hydrogen (secondary N) is 2. The van der Waals surface area contributed by atoms with Gasteiger partial charge in [-0.3, -0.25) is 10.1 Å². The van der Waals surface area contributed by atoms with Crippen LogP contribution in [0.25, 0.3) is 0 Å². The maximum atomic E-state index is 12.7. The van der Waals surface area contributed by atoms with E-state index in [1.807, 2.05) is 6.92 Å². The molecule has 3 rings (SSSR count). The Morgan fingerprint density at radius 1 is 1.28 bits per heavy atom. The lowest BCUT2D eigenvalue weighted by molar-refractivity contribution is -0.140. The number of benzene rings is 1. The van der Waals surface area contributed by atoms with Crippen molar-refractivity contribution in [2.75, 3.05) is 25.5 Å². The van der Waals surface area contributed by atoms with Crippen molar-refractivity contribution in [3.05, 3.63) is 46.0 Å². The van der Waals surface area contributed by atoms with Gasteiger partial charge in [0, 0.05) is 18.4 Å². The number of aryl methyl sites for hydroxylation is 2. The molecule has 0 atom stereocenters. The quantitative estimate of drug-likeness (QED) is 0.861. The summed E-state index contributed by atoms with van der Waals surface area (Å²) in [7, 11) is 1.61. The van der Waals surface area contributed by atoms with E-state index in [4.69, 9.17) is 4.74 Å². The Bertz CT molecular complexity index is 734. The van der Waals surface area contributed by atoms with Crippen LogP contribution in [0.4, 0.5) is 5.13 Å². The Morgan fingerprint density at radius 2 is 1.96 bits per heavy atom. The Morgan fingerprint density at radius 3 is 2.60 bits per heavy atom. The topological polar surface area (TPSA) is 63.2 Å². The number of aromatic nitrogens is 1. The maximum Gasteiger partial charge on any atom is 0.258 e. The van der Waals surface area contributed by atoms with Crippen molar-refractivity contribution in [3.63, 3.8) is 0 Å². The van der Waals surface area contributed by atoms with Crippen LogP contribution in [0.1, 0.15) is 34.5 Å². The summed E-state index contributed by atoms with van der Waals surface area (Å²) in [6, 6.07) is 8.52. The summed E-state index contributed by atoms with van der Waals surface area (Å²) in [4.78, 5) is 18.5. The summed E-state index contributed by atoms with van der Waals surface area (Å²) in [6.45, 7) is 5.65. The Balaban J connectivity index is 1.71. The van der Waals surface area contributed by atoms with Gasteiger partial charge in [0.25, 0.3) is 5.91 Å². The molecule has 0 bridgehead atoms. The molecule has 1 saturated heterocycles. The van der Waals surface area contributed by atoms with Crippen LogP contribution in [0.2, 0.25) is 0 Å². The number of ether oxygens (including phenoxy) is 1. The van der Waals surface area contributed by atoms with Gasteiger partial charge in [0.1, 0.15) is 5.60 Å². The molecule has 1 amide bonds. The molecule has 2 aromatic rings. The van der Waals surface area contributed by atoms with Crippen LogP contribution in [0.3, 0.4) is 0 Å². The second kappa shape index (κ2) is 7.64. The Kier molecular flexibility index (Phi) is 5.51. The van der Waals surface area contributed by atoms with Gasteiger partial charge < -0.3 is 10.1 Å². The Hall–Kier alpha value is -1.76. The van der Waals surface area contributed by atoms with Crippen molar-refractivity contribution in [2.45, 2.75) is 38.7 Å². The summed E-state index contributed by atoms with van der Waals surface area (Å²) >= 11 is 1.55. The highest BCUT2D eigenvalue weighted by molar-refractivity contribution is 7.15. The normalized spacial score (nSPS) is 16.6. The van der Waals surface area contributed by atoms with Crippen LogP contribution >= 0.6 is 11.3 Å². The lowest BCUT2D eigenvalue weighted by atomic mass is 9.91. The molecule has 6 heteroatoms. The number of nitrogens with zero attached hydrogens (tertiary/aromatic N) is 1. The van der Waals surface area contributed by atoms with Gasteiger partial charge in [-0.05, 0) is 45.3 Å². The predicted molar refractivity (Wildman–Crippen MR) is 101 cm³/mol. The molecule has 0 spiro atoms. The van der Waals surface area contributed by atoms with E-state index in [9.17, 15) is 4.79 Å². The SMILES string of the molecule is COC1(C(=O)Nc2nc(C)c(Cc3ccc(C)cc3)s2)CCNCC1. The Labute approximate surface area is 152 Å². The minimum absolute atomic E-state index is 0.0906. The maximum absolute atomic E-state index is 12.7. The molecule has 0 unspecified atom stereocenters. The number of amides is 1. The molecular weight excluding hydrogens is 334 g/mol. The van der Waals surface area contributed by atoms with Crippen molar-refractivity contribution in [2.24, 2.45) is 0 Å². The van der Waals surface area contributed by atoms with Crippen LogP contribution in [0.15, 0.2) is 24.3 Å². The third-order valence-corrected chi connectivity index (χ3v) is 5.89. The van der Waals surface area contributed by atoms with Crippen LogP contribution < -0.4 is 10.6 Å². The number of methoxy groups -OCH3 is 1. The summed E-state index contributed by atoms with van der Waals surface area (Å²) in [5.74, 6) is -0.0906. The number of hydrogen-bond donors (Lipinski definition) is 2. The van der Waals surface area contributed by atoms with E-state index in [1.54, 1.807) is 18.4 Å². The molecule has 1 aliphatic rings. The molecule has 25 heavy (non-hydrogen) atoms. The molecule has 2 N–H and O–H groups in total. The fourth-order valence-electron chi connectivity index (χ4n) is 3.10. The van der Waals surface area contributed by atoms with Gasteiger partial charge >= 0.3 is 0 Å². The molecule has 1 aromatic carbocycles. The minimum atomic E-state index is -0.748. The fraction of sp³-hybridized carbons (Fsp3) is 0.474. The van der Waals surface area contributed by atoms with Gasteiger partial charge in [0.15, 0.2) is 5.13 Å². The molecular formula is C19H25N3O2S. The predicted octanol–water partition coefficient (Wildman–Crippen LogP) is 3.06. The number of rotatable bonds is 5. The third-order valence-electron chi connectivity index (χ3n) is 4.81. The molecule has 1 aliphatic heterocycles. The van der Waals surface area contributed by atoms with E-state index in [-0.39, 0.29) is 5.91 Å². The molecule has 0 saturated carbocycles. The second-order valence-electron chi connectivity index (χ2n) is 6.59. The summed E-state index contributed by atoms with van der Waals surface area (Å²) < 4.78 is 5.58. The van der Waals surface area contributed by atoms with E-state index in [1.165, 1.54) is 16.0 Å². The third kappa shape index (κ3) is 4.08. The number of thiazole rings is 1. The standard InChI is InChI=1S/C19H25N3O2S/c1-13-4-6-15(7-5-13)12-16-14(2)21-18(25-16)22-17(23)19(24-3)8-10-20-11-9-19/h4-7,20H,8-12H2,1-3H3,(H,21,22,23). The van der Waals surface area contributed by atoms with Crippen molar-refractivity contribution < 1.29 is 9.53 Å². The van der Waals surface area contributed by atoms with Crippen LogP contribution in [0.5, 0.6) is 0 Å². The second-order valence-corrected chi connectivity index (χ2v) is 7.68. The highest BCUT2D eigenvalue weighted by atomic mass is 32.1. The zero-order chi connectivity index (χ0) is 17.9. The van der Waals surface area contributed by atoms with Crippen molar-refractivity contribution >= 4 is 22.4 Å². The molecule has 1 fully saturated rings. The molecule has 2 heterocycles. The van der Waals surface area contributed by atoms with Crippen LogP contribution in [-0.2, 0) is 16.0 Å². The zero-order valence-electron chi connectivity index (χ0n) is 15.0. The monoisotopic (exact) mass is 359 g/mol. The van der Waals surface area contributed by atoms with Crippen molar-refractivity contribution in [1.29, 1.82) is 0 Å². The van der Waals surface area contributed by atoms with E-state index in [0.717, 1.165) is 25.2 Å². The van der Waals surface area contributed by atoms with Gasteiger partial charge in [-0.1, -0.05) is 29.8 Å². The van der Waals surface area contributed by atoms with Gasteiger partial charge in [0.05, 0.1) is 5.69 Å². The number of hydrogen-bond acceptors (Lipinski definition) is 5. The van der Waals surface area contributed by atoms with Gasteiger partial charge in [0.2, 0.25) is 0 Å². The summed E-state index contributed by atoms with van der Waals surface area (Å²) in [5.41, 5.74) is 2.73. The first kappa shape index (κ1) is 18.0. The number of carbonyl (C=O) groups is 1. The smallest absolute Gasteiger partial charge is 0.258 e. The minimum Gasteiger partial charge on any atom is -0.368 e. The van der Waals surface area contributed by atoms with E-state index < -0.39 is 5.60 Å². The molecule has 0 radical (unpaired) electrons. The van der Waals surface area contributed by atoms with Crippen molar-refractivity contribution in [1.82, 2.24) is 10.3 Å². The lowest BCUT2D eigenvalue weighted by Crippen LogP contribution is -2.51. The highest BCUT2D eigenvalue weighted by Gasteiger charge is 2.40. The highest BCUT2D eigenvalue weighted by Crippen LogP contribution is 2.29. The first-order chi connectivity index (χ1) is 12.0. The van der Waals surface area contributed by atoms with Gasteiger partial charge in [-0.2, -0.15) is 0 Å². The summed E-state index contributed by atoms with van der Waals surface area (Å²) in [6.07, 6.45) is 2.19. The van der Waals surface area contributed by atoms with Crippen LogP contribution in [0, 0.1) is 13.8 Å². The van der Waals surface area contributed by atoms with Crippen molar-refractivity contribution in [3.8, 4) is 0 Å². The summed E-state index contributed by atoms with van der Waals surface area (Å²) in [5, 5.41) is 6.89. The molecule has 0 aliphatic carbocycles. The van der Waals surface area contributed by atoms with Gasteiger partial charge in [-0.15, -0.1) is 11.3 Å². The molecule has 134 valence electrons. The average molecular weight is 359 g/mol. The van der Waals surface area contributed by atoms with Crippen LogP contribution in [-0.4, -0.2) is 36.7 Å². The first-order valence-corrected chi connectivity index (χ1v) is 9.43.